The van der Waals surface area contributed by atoms with Gasteiger partial charge >= 0.3 is 6.18 Å². The summed E-state index contributed by atoms with van der Waals surface area (Å²) in [6.07, 6.45) is -2.67. The summed E-state index contributed by atoms with van der Waals surface area (Å²) in [6.45, 7) is 0.490. The lowest BCUT2D eigenvalue weighted by molar-refractivity contribution is -0.137. The number of hydrogen-bond donors (Lipinski definition) is 3. The molecule has 1 aromatic heterocycles. The quantitative estimate of drug-likeness (QED) is 0.151. The van der Waals surface area contributed by atoms with E-state index >= 15 is 0 Å². The van der Waals surface area contributed by atoms with E-state index in [1.54, 1.807) is 36.5 Å². The van der Waals surface area contributed by atoms with E-state index in [-0.39, 0.29) is 17.9 Å². The van der Waals surface area contributed by atoms with Gasteiger partial charge in [-0.05, 0) is 53.9 Å². The number of rotatable bonds is 9. The maximum atomic E-state index is 13.1. The lowest BCUT2D eigenvalue weighted by Gasteiger charge is -2.12. The lowest BCUT2D eigenvalue weighted by atomic mass is 10.1. The van der Waals surface area contributed by atoms with E-state index in [0.29, 0.717) is 30.2 Å². The third-order valence-corrected chi connectivity index (χ3v) is 5.96. The molecule has 4 aromatic rings. The van der Waals surface area contributed by atoms with E-state index in [9.17, 15) is 18.0 Å². The Morgan fingerprint density at radius 1 is 0.923 bits per heavy atom. The normalized spacial score (nSPS) is 11.1. The zero-order valence-electron chi connectivity index (χ0n) is 20.6. The molecule has 3 N–H and O–H groups in total. The van der Waals surface area contributed by atoms with Crippen LogP contribution in [0.4, 0.5) is 18.9 Å². The van der Waals surface area contributed by atoms with Crippen LogP contribution in [0.1, 0.15) is 28.8 Å². The fourth-order valence-electron chi connectivity index (χ4n) is 3.69. The molecule has 1 amide bonds. The first-order valence-corrected chi connectivity index (χ1v) is 12.3. The number of amidine groups is 1. The largest absolute Gasteiger partial charge is 0.457 e. The molecule has 1 heterocycles. The first kappa shape index (κ1) is 27.7. The Bertz CT molecular complexity index is 1460. The molecule has 39 heavy (non-hydrogen) atoms. The van der Waals surface area contributed by atoms with Gasteiger partial charge in [0.05, 0.1) is 10.6 Å². The fraction of sp³-hybridized carbons (Fsp3) is 0.138. The molecule has 0 fully saturated rings. The Balaban J connectivity index is 1.33. The van der Waals surface area contributed by atoms with Gasteiger partial charge < -0.3 is 15.4 Å². The molecule has 200 valence electrons. The van der Waals surface area contributed by atoms with Crippen LogP contribution in [0.15, 0.2) is 91.1 Å². The number of nitrogens with one attached hydrogen (secondary N) is 3. The predicted molar refractivity (Wildman–Crippen MR) is 144 cm³/mol. The molecular formula is C29H24ClF3N4O2. The van der Waals surface area contributed by atoms with Crippen molar-refractivity contribution < 1.29 is 22.7 Å². The van der Waals surface area contributed by atoms with Gasteiger partial charge in [-0.3, -0.25) is 15.2 Å². The minimum atomic E-state index is -4.62. The molecule has 0 aliphatic carbocycles. The van der Waals surface area contributed by atoms with Crippen LogP contribution in [0, 0.1) is 5.41 Å². The standard InChI is InChI=1S/C29H24ClF3N4O2/c30-25-11-10-21(16-24(25)29(31,32)33)37-27(38)12-9-19-7-4-8-22(15-19)39-23-13-14-35-26(17-23)28(34)36-18-20-5-2-1-3-6-20/h1-8,10-11,13-17H,9,12,18H2,(H2,34,36)(H,37,38). The van der Waals surface area contributed by atoms with Crippen LogP contribution >= 0.6 is 11.6 Å². The zero-order chi connectivity index (χ0) is 27.8. The Labute approximate surface area is 228 Å². The van der Waals surface area contributed by atoms with E-state index in [2.05, 4.69) is 15.6 Å². The number of carbonyl (C=O) groups is 1. The molecule has 0 saturated heterocycles. The van der Waals surface area contributed by atoms with Crippen LogP contribution in [0.25, 0.3) is 0 Å². The molecule has 3 aromatic carbocycles. The van der Waals surface area contributed by atoms with Crippen molar-refractivity contribution in [3.05, 3.63) is 119 Å². The second-order valence-electron chi connectivity index (χ2n) is 8.58. The number of carbonyl (C=O) groups excluding carboxylic acids is 1. The van der Waals surface area contributed by atoms with Crippen molar-refractivity contribution in [2.75, 3.05) is 5.32 Å². The number of aromatic nitrogens is 1. The van der Waals surface area contributed by atoms with Crippen molar-refractivity contribution in [1.82, 2.24) is 10.3 Å². The van der Waals surface area contributed by atoms with Gasteiger partial charge in [-0.1, -0.05) is 54.1 Å². The van der Waals surface area contributed by atoms with Gasteiger partial charge in [-0.25, -0.2) is 0 Å². The average molecular weight is 553 g/mol. The van der Waals surface area contributed by atoms with Gasteiger partial charge in [0.2, 0.25) is 5.91 Å². The molecule has 0 aliphatic heterocycles. The Morgan fingerprint density at radius 3 is 2.44 bits per heavy atom. The van der Waals surface area contributed by atoms with Crippen LogP contribution < -0.4 is 15.4 Å². The third kappa shape index (κ3) is 8.05. The molecule has 0 bridgehead atoms. The number of anilines is 1. The van der Waals surface area contributed by atoms with Crippen molar-refractivity contribution in [1.29, 1.82) is 5.41 Å². The maximum Gasteiger partial charge on any atom is 0.417 e. The number of ether oxygens (including phenoxy) is 1. The summed E-state index contributed by atoms with van der Waals surface area (Å²) in [5, 5.41) is 13.4. The minimum Gasteiger partial charge on any atom is -0.457 e. The highest BCUT2D eigenvalue weighted by molar-refractivity contribution is 6.31. The molecule has 10 heteroatoms. The monoisotopic (exact) mass is 552 g/mol. The lowest BCUT2D eigenvalue weighted by Crippen LogP contribution is -2.23. The Hall–Kier alpha value is -4.37. The fourth-order valence-corrected chi connectivity index (χ4v) is 3.92. The molecule has 0 spiro atoms. The highest BCUT2D eigenvalue weighted by atomic mass is 35.5. The predicted octanol–water partition coefficient (Wildman–Crippen LogP) is 7.23. The summed E-state index contributed by atoms with van der Waals surface area (Å²) in [5.74, 6) is 0.745. The Kier molecular flexibility index (Phi) is 8.83. The SMILES string of the molecule is N=C(NCc1ccccc1)c1cc(Oc2cccc(CCC(=O)Nc3ccc(Cl)c(C(F)(F)F)c3)c2)ccn1. The zero-order valence-corrected chi connectivity index (χ0v) is 21.3. The summed E-state index contributed by atoms with van der Waals surface area (Å²) < 4.78 is 45.1. The smallest absolute Gasteiger partial charge is 0.417 e. The summed E-state index contributed by atoms with van der Waals surface area (Å²) in [4.78, 5) is 16.6. The van der Waals surface area contributed by atoms with E-state index < -0.39 is 22.7 Å². The number of benzene rings is 3. The number of alkyl halides is 3. The number of halogens is 4. The molecule has 0 radical (unpaired) electrons. The average Bonchev–Trinajstić information content (AvgIpc) is 2.92. The summed E-state index contributed by atoms with van der Waals surface area (Å²) in [7, 11) is 0. The van der Waals surface area contributed by atoms with Crippen molar-refractivity contribution in [2.24, 2.45) is 0 Å². The first-order valence-electron chi connectivity index (χ1n) is 11.9. The summed E-state index contributed by atoms with van der Waals surface area (Å²) >= 11 is 5.63. The van der Waals surface area contributed by atoms with Crippen LogP contribution in [0.3, 0.4) is 0 Å². The minimum absolute atomic E-state index is 0.0196. The second kappa shape index (κ2) is 12.4. The number of amides is 1. The molecule has 0 atom stereocenters. The molecule has 0 unspecified atom stereocenters. The van der Waals surface area contributed by atoms with E-state index in [4.69, 9.17) is 21.7 Å². The van der Waals surface area contributed by atoms with Gasteiger partial charge in [0, 0.05) is 30.9 Å². The highest BCUT2D eigenvalue weighted by Gasteiger charge is 2.33. The van der Waals surface area contributed by atoms with Crippen LogP contribution in [-0.2, 0) is 23.9 Å². The number of nitrogens with zero attached hydrogens (tertiary/aromatic N) is 1. The van der Waals surface area contributed by atoms with Gasteiger partial charge in [-0.15, -0.1) is 0 Å². The molecule has 4 rings (SSSR count). The van der Waals surface area contributed by atoms with Gasteiger partial charge in [0.15, 0.2) is 0 Å². The topological polar surface area (TPSA) is 87.1 Å². The first-order chi connectivity index (χ1) is 18.7. The highest BCUT2D eigenvalue weighted by Crippen LogP contribution is 2.36. The van der Waals surface area contributed by atoms with Crippen molar-refractivity contribution in [3.63, 3.8) is 0 Å². The third-order valence-electron chi connectivity index (χ3n) is 5.63. The Morgan fingerprint density at radius 2 is 1.67 bits per heavy atom. The molecule has 0 saturated carbocycles. The van der Waals surface area contributed by atoms with Crippen LogP contribution in [-0.4, -0.2) is 16.7 Å². The maximum absolute atomic E-state index is 13.1. The van der Waals surface area contributed by atoms with E-state index in [1.165, 1.54) is 6.07 Å². The van der Waals surface area contributed by atoms with Crippen molar-refractivity contribution in [3.8, 4) is 11.5 Å². The second-order valence-corrected chi connectivity index (χ2v) is 8.99. The number of hydrogen-bond acceptors (Lipinski definition) is 4. The van der Waals surface area contributed by atoms with E-state index in [1.807, 2.05) is 36.4 Å². The van der Waals surface area contributed by atoms with Crippen molar-refractivity contribution >= 4 is 29.0 Å². The van der Waals surface area contributed by atoms with Gasteiger partial charge in [-0.2, -0.15) is 13.2 Å². The molecule has 0 aliphatic rings. The van der Waals surface area contributed by atoms with Crippen LogP contribution in [0.2, 0.25) is 5.02 Å². The molecular weight excluding hydrogens is 529 g/mol. The van der Waals surface area contributed by atoms with E-state index in [0.717, 1.165) is 23.3 Å². The van der Waals surface area contributed by atoms with Crippen molar-refractivity contribution in [2.45, 2.75) is 25.6 Å². The molecule has 6 nitrogen and oxygen atoms in total. The number of pyridine rings is 1. The van der Waals surface area contributed by atoms with Crippen LogP contribution in [0.5, 0.6) is 11.5 Å². The van der Waals surface area contributed by atoms with Gasteiger partial charge in [0.25, 0.3) is 0 Å². The summed E-state index contributed by atoms with van der Waals surface area (Å²) in [6, 6.07) is 23.4. The summed E-state index contributed by atoms with van der Waals surface area (Å²) in [5.41, 5.74) is 1.28. The van der Waals surface area contributed by atoms with Gasteiger partial charge in [0.1, 0.15) is 23.0 Å². The number of aryl methyl sites for hydroxylation is 1.